The number of carbonyl (C=O) groups excluding carboxylic acids is 4. The van der Waals surface area contributed by atoms with Crippen molar-refractivity contribution in [2.45, 2.75) is 50.1 Å². The Morgan fingerprint density at radius 3 is 2.25 bits per heavy atom. The number of likely N-dealkylation sites (tertiary alicyclic amines) is 1. The van der Waals surface area contributed by atoms with Crippen molar-refractivity contribution in [1.29, 1.82) is 0 Å². The zero-order chi connectivity index (χ0) is 26.5. The third-order valence-electron chi connectivity index (χ3n) is 6.44. The van der Waals surface area contributed by atoms with Crippen LogP contribution in [0.2, 0.25) is 0 Å². The van der Waals surface area contributed by atoms with Gasteiger partial charge in [0.2, 0.25) is 5.91 Å². The fourth-order valence-electron chi connectivity index (χ4n) is 5.33. The Kier molecular flexibility index (Phi) is 7.67. The molecule has 3 fully saturated rings. The summed E-state index contributed by atoms with van der Waals surface area (Å²) in [6, 6.07) is -0.460. The molecule has 0 aromatic heterocycles. The van der Waals surface area contributed by atoms with Gasteiger partial charge in [0, 0.05) is 11.5 Å². The molecule has 0 radical (unpaired) electrons. The van der Waals surface area contributed by atoms with Crippen LogP contribution in [0.4, 0.5) is 8.78 Å². The molecule has 1 amide bonds. The minimum Gasteiger partial charge on any atom is -0.746 e. The van der Waals surface area contributed by atoms with Crippen LogP contribution in [0.3, 0.4) is 0 Å². The Morgan fingerprint density at radius 2 is 1.72 bits per heavy atom. The molecule has 0 N–H and O–H groups in total. The van der Waals surface area contributed by atoms with Crippen molar-refractivity contribution in [3.63, 3.8) is 0 Å². The van der Waals surface area contributed by atoms with E-state index in [9.17, 15) is 40.9 Å². The molecule has 16 heteroatoms. The monoisotopic (exact) mass is 792 g/mol. The van der Waals surface area contributed by atoms with E-state index in [2.05, 4.69) is 4.74 Å². The van der Waals surface area contributed by atoms with E-state index >= 15 is 0 Å². The molecule has 0 aromatic carbocycles. The maximum atomic E-state index is 13.2. The zero-order valence-corrected chi connectivity index (χ0v) is 27.2. The second kappa shape index (κ2) is 9.58. The van der Waals surface area contributed by atoms with Crippen LogP contribution in [0.15, 0.2) is 0 Å². The number of amides is 1. The summed E-state index contributed by atoms with van der Waals surface area (Å²) < 4.78 is 76.1. The number of halogens is 2. The average molecular weight is 792 g/mol. The van der Waals surface area contributed by atoms with E-state index in [1.807, 2.05) is 20.8 Å². The summed E-state index contributed by atoms with van der Waals surface area (Å²) in [5, 5.41) is -4.94. The largest absolute Gasteiger partial charge is 0.746 e. The molecule has 1 saturated heterocycles. The minimum atomic E-state index is -6.08. The molecule has 6 unspecified atom stereocenters. The number of esters is 3. The van der Waals surface area contributed by atoms with Gasteiger partial charge in [-0.2, -0.15) is 0 Å². The first kappa shape index (κ1) is 28.8. The summed E-state index contributed by atoms with van der Waals surface area (Å²) in [7, 11) is -4.87. The summed E-state index contributed by atoms with van der Waals surface area (Å²) in [6.45, 7) is 2.89. The minimum absolute atomic E-state index is 0. The number of fused-ring (bicyclic) bond motifs is 1. The first-order valence-corrected chi connectivity index (χ1v) is 12.0. The van der Waals surface area contributed by atoms with Crippen molar-refractivity contribution in [1.82, 2.24) is 4.90 Å². The number of ether oxygens (including phenoxy) is 4. The molecule has 200 valence electrons. The van der Waals surface area contributed by atoms with Crippen LogP contribution in [-0.2, 0) is 48.2 Å². The molecule has 12 nitrogen and oxygen atoms in total. The predicted molar refractivity (Wildman–Crippen MR) is 107 cm³/mol. The van der Waals surface area contributed by atoms with Gasteiger partial charge in [-0.15, -0.1) is 0 Å². The van der Waals surface area contributed by atoms with Gasteiger partial charge >= 0.3 is 17.9 Å². The standard InChI is InChI=1S/C20H26F2NO11S.Rf/c1-19(2,3)23-15-9-5-10(14(18(27)31-4)13(9)17(23)26)16(15)34-12(25)7-32-6-11(24)33-8-20(21,22)35(28,29)30;/h8-10,13-16H,5-7H2,1-4H3,(H,28,29,30);/q-1;/p-1. The third-order valence-corrected chi connectivity index (χ3v) is 7.20. The third kappa shape index (κ3) is 4.95. The van der Waals surface area contributed by atoms with Crippen molar-refractivity contribution in [3.8, 4) is 0 Å². The summed E-state index contributed by atoms with van der Waals surface area (Å²) in [6.07, 6.45) is -0.353. The van der Waals surface area contributed by atoms with Crippen molar-refractivity contribution in [2.75, 3.05) is 20.3 Å². The Morgan fingerprint density at radius 1 is 1.14 bits per heavy atom. The topological polar surface area (TPSA) is 166 Å². The van der Waals surface area contributed by atoms with Crippen molar-refractivity contribution in [3.05, 3.63) is 6.61 Å². The van der Waals surface area contributed by atoms with E-state index in [1.54, 1.807) is 4.90 Å². The molecular formula is C20H25F2NO11RfS-2. The van der Waals surface area contributed by atoms with Gasteiger partial charge in [-0.1, -0.05) is 6.61 Å². The number of hydrogen-bond acceptors (Lipinski definition) is 11. The smallest absolute Gasteiger partial charge is 0.332 e. The molecule has 1 aliphatic heterocycles. The number of carbonyl (C=O) groups is 4. The Hall–Kier alpha value is -3.39. The van der Waals surface area contributed by atoms with Crippen LogP contribution in [0, 0.1) is 30.3 Å². The summed E-state index contributed by atoms with van der Waals surface area (Å²) in [5.74, 6) is -5.23. The Bertz CT molecular complexity index is 1020. The van der Waals surface area contributed by atoms with Gasteiger partial charge in [0.05, 0.1) is 25.0 Å². The zero-order valence-electron chi connectivity index (χ0n) is 20.0. The SMILES string of the molecule is COC(=O)C1C2CC3C1C(=O)N(C(C)(C)C)C3C2OC(=O)COCC(=O)O[CH-]C(F)(F)S(=O)(=O)[O-].[Rf]. The van der Waals surface area contributed by atoms with Gasteiger partial charge in [-0.25, -0.2) is 22.0 Å². The van der Waals surface area contributed by atoms with Gasteiger partial charge in [0.15, 0.2) is 0 Å². The number of nitrogens with zero attached hydrogens (tertiary/aromatic N) is 1. The molecule has 3 rings (SSSR count). The van der Waals surface area contributed by atoms with E-state index in [4.69, 9.17) is 14.2 Å². The van der Waals surface area contributed by atoms with Crippen molar-refractivity contribution in [2.24, 2.45) is 23.7 Å². The second-order valence-corrected chi connectivity index (χ2v) is 11.0. The molecule has 0 spiro atoms. The molecule has 0 aromatic rings. The van der Waals surface area contributed by atoms with Crippen molar-refractivity contribution < 1.29 is 59.9 Å². The quantitative estimate of drug-likeness (QED) is 0.132. The van der Waals surface area contributed by atoms with Crippen LogP contribution < -0.4 is 0 Å². The van der Waals surface area contributed by atoms with Crippen LogP contribution >= 0.6 is 0 Å². The van der Waals surface area contributed by atoms with Gasteiger partial charge in [-0.05, 0) is 33.1 Å². The number of alkyl halides is 2. The van der Waals surface area contributed by atoms with Crippen LogP contribution in [0.5, 0.6) is 0 Å². The average Bonchev–Trinajstić information content (AvgIpc) is 3.33. The number of hydrogen-bond donors (Lipinski definition) is 0. The first-order valence-electron chi connectivity index (χ1n) is 10.6. The van der Waals surface area contributed by atoms with Crippen LogP contribution in [0.1, 0.15) is 27.2 Å². The van der Waals surface area contributed by atoms with Gasteiger partial charge in [0.25, 0.3) is 5.25 Å². The maximum absolute atomic E-state index is 13.2. The summed E-state index contributed by atoms with van der Waals surface area (Å²) in [4.78, 5) is 51.1. The summed E-state index contributed by atoms with van der Waals surface area (Å²) in [5.41, 5.74) is -0.615. The molecule has 6 atom stereocenters. The van der Waals surface area contributed by atoms with Gasteiger partial charge in [0.1, 0.15) is 29.4 Å². The summed E-state index contributed by atoms with van der Waals surface area (Å²) >= 11 is 0. The molecule has 2 saturated carbocycles. The number of rotatable bonds is 9. The molecule has 1 heterocycles. The first-order chi connectivity index (χ1) is 16.0. The second-order valence-electron chi connectivity index (χ2n) is 9.58. The molecule has 2 aliphatic carbocycles. The van der Waals surface area contributed by atoms with Crippen LogP contribution in [-0.4, -0.2) is 84.9 Å². The normalized spacial score (nSPS) is 29.1. The Balaban J connectivity index is 0.00000456. The fourth-order valence-corrected chi connectivity index (χ4v) is 5.50. The molecule has 2 bridgehead atoms. The Labute approximate surface area is 199 Å². The number of methoxy groups -OCH3 is 1. The van der Waals surface area contributed by atoms with Crippen molar-refractivity contribution >= 4 is 33.9 Å². The molecule has 3 aliphatic rings. The van der Waals surface area contributed by atoms with E-state index in [0.29, 0.717) is 6.42 Å². The maximum Gasteiger partial charge on any atom is 0.332 e. The fraction of sp³-hybridized carbons (Fsp3) is 0.750. The van der Waals surface area contributed by atoms with Gasteiger partial charge < -0.3 is 28.4 Å². The van der Waals surface area contributed by atoms with E-state index in [1.165, 1.54) is 7.11 Å². The van der Waals surface area contributed by atoms with E-state index in [0.717, 1.165) is 0 Å². The molecule has 36 heavy (non-hydrogen) atoms. The van der Waals surface area contributed by atoms with Gasteiger partial charge in [-0.3, -0.25) is 14.4 Å². The van der Waals surface area contributed by atoms with E-state index in [-0.39, 0.29) is 11.8 Å². The predicted octanol–water partition coefficient (Wildman–Crippen LogP) is -0.178. The van der Waals surface area contributed by atoms with E-state index < -0.39 is 88.5 Å². The molecular weight excluding hydrogens is 767 g/mol. The van der Waals surface area contributed by atoms with Crippen LogP contribution in [0.25, 0.3) is 0 Å².